The zero-order valence-electron chi connectivity index (χ0n) is 14.9. The minimum Gasteiger partial charge on any atom is -0.381 e. The van der Waals surface area contributed by atoms with Crippen molar-refractivity contribution in [2.45, 2.75) is 18.9 Å². The van der Waals surface area contributed by atoms with Crippen molar-refractivity contribution in [1.82, 2.24) is 19.7 Å². The molecule has 0 unspecified atom stereocenters. The average Bonchev–Trinajstić information content (AvgIpc) is 3.25. The molecule has 0 saturated carbocycles. The molecule has 7 heteroatoms. The van der Waals surface area contributed by atoms with Crippen molar-refractivity contribution in [2.75, 3.05) is 25.1 Å². The van der Waals surface area contributed by atoms with Crippen LogP contribution in [0.25, 0.3) is 11.3 Å². The van der Waals surface area contributed by atoms with Crippen LogP contribution in [0.3, 0.4) is 0 Å². The van der Waals surface area contributed by atoms with Gasteiger partial charge in [0.15, 0.2) is 0 Å². The predicted octanol–water partition coefficient (Wildman–Crippen LogP) is 2.32. The number of ether oxygens (including phenoxy) is 1. The zero-order valence-corrected chi connectivity index (χ0v) is 14.9. The molecule has 1 fully saturated rings. The lowest BCUT2D eigenvalue weighted by molar-refractivity contribution is 0.193. The summed E-state index contributed by atoms with van der Waals surface area (Å²) < 4.78 is 6.90. The average molecular weight is 363 g/mol. The molecule has 0 radical (unpaired) electrons. The van der Waals surface area contributed by atoms with Crippen molar-refractivity contribution < 1.29 is 4.74 Å². The lowest BCUT2D eigenvalue weighted by atomic mass is 10.1. The van der Waals surface area contributed by atoms with Crippen LogP contribution in [0.1, 0.15) is 18.0 Å². The molecular formula is C20H21N5O2. The second kappa shape index (κ2) is 8.09. The van der Waals surface area contributed by atoms with Gasteiger partial charge in [0.1, 0.15) is 12.1 Å². The monoisotopic (exact) mass is 363 g/mol. The van der Waals surface area contributed by atoms with Gasteiger partial charge in [0.25, 0.3) is 5.56 Å². The van der Waals surface area contributed by atoms with Crippen molar-refractivity contribution in [3.05, 3.63) is 70.9 Å². The van der Waals surface area contributed by atoms with Gasteiger partial charge in [-0.05, 0) is 12.5 Å². The Kier molecular flexibility index (Phi) is 5.20. The van der Waals surface area contributed by atoms with Crippen LogP contribution < -0.4 is 10.9 Å². The Bertz CT molecular complexity index is 952. The number of anilines is 1. The van der Waals surface area contributed by atoms with E-state index in [4.69, 9.17) is 4.74 Å². The standard InChI is InChI=1S/C20H21N5O2/c26-20-7-6-17(15-4-2-1-3-5-15)24-25(20)10-9-21-19-12-18(22-14-23-19)16-8-11-27-13-16/h1-7,12,14,16H,8-11,13H2,(H,21,22,23)/t16-/m0/s1. The summed E-state index contributed by atoms with van der Waals surface area (Å²) in [7, 11) is 0. The number of hydrogen-bond donors (Lipinski definition) is 1. The topological polar surface area (TPSA) is 81.9 Å². The molecule has 7 nitrogen and oxygen atoms in total. The van der Waals surface area contributed by atoms with Crippen LogP contribution in [-0.4, -0.2) is 39.5 Å². The highest BCUT2D eigenvalue weighted by Crippen LogP contribution is 2.24. The summed E-state index contributed by atoms with van der Waals surface area (Å²) in [6, 6.07) is 15.1. The molecule has 3 heterocycles. The Labute approximate surface area is 157 Å². The second-order valence-electron chi connectivity index (χ2n) is 6.46. The molecule has 1 atom stereocenters. The van der Waals surface area contributed by atoms with Gasteiger partial charge in [-0.25, -0.2) is 14.6 Å². The summed E-state index contributed by atoms with van der Waals surface area (Å²) in [5.74, 6) is 1.08. The summed E-state index contributed by atoms with van der Waals surface area (Å²) in [6.45, 7) is 2.49. The Hall–Kier alpha value is -3.06. The molecular weight excluding hydrogens is 342 g/mol. The van der Waals surface area contributed by atoms with Gasteiger partial charge in [0.05, 0.1) is 24.5 Å². The maximum atomic E-state index is 12.1. The van der Waals surface area contributed by atoms with E-state index >= 15 is 0 Å². The fourth-order valence-corrected chi connectivity index (χ4v) is 3.12. The van der Waals surface area contributed by atoms with Gasteiger partial charge < -0.3 is 10.1 Å². The molecule has 4 rings (SSSR count). The van der Waals surface area contributed by atoms with E-state index < -0.39 is 0 Å². The van der Waals surface area contributed by atoms with Crippen LogP contribution in [0.5, 0.6) is 0 Å². The normalized spacial score (nSPS) is 16.4. The smallest absolute Gasteiger partial charge is 0.266 e. The maximum Gasteiger partial charge on any atom is 0.266 e. The van der Waals surface area contributed by atoms with Gasteiger partial charge >= 0.3 is 0 Å². The molecule has 138 valence electrons. The highest BCUT2D eigenvalue weighted by Gasteiger charge is 2.19. The van der Waals surface area contributed by atoms with Gasteiger partial charge in [-0.2, -0.15) is 5.10 Å². The molecule has 0 aliphatic carbocycles. The SMILES string of the molecule is O=c1ccc(-c2ccccc2)nn1CCNc1cc([C@H]2CCOC2)ncn1. The number of benzene rings is 1. The van der Waals surface area contributed by atoms with Gasteiger partial charge in [0, 0.05) is 36.8 Å². The molecule has 0 bridgehead atoms. The van der Waals surface area contributed by atoms with Crippen LogP contribution in [0, 0.1) is 0 Å². The molecule has 1 aliphatic heterocycles. The third-order valence-corrected chi connectivity index (χ3v) is 4.60. The van der Waals surface area contributed by atoms with Crippen molar-refractivity contribution >= 4 is 5.82 Å². The summed E-state index contributed by atoms with van der Waals surface area (Å²) in [5, 5.41) is 7.72. The Morgan fingerprint density at radius 2 is 2.04 bits per heavy atom. The van der Waals surface area contributed by atoms with E-state index in [0.717, 1.165) is 35.8 Å². The van der Waals surface area contributed by atoms with Gasteiger partial charge in [-0.1, -0.05) is 30.3 Å². The quantitative estimate of drug-likeness (QED) is 0.724. The first-order valence-corrected chi connectivity index (χ1v) is 9.07. The molecule has 0 amide bonds. The van der Waals surface area contributed by atoms with E-state index in [1.54, 1.807) is 18.5 Å². The van der Waals surface area contributed by atoms with Crippen LogP contribution >= 0.6 is 0 Å². The van der Waals surface area contributed by atoms with Crippen LogP contribution in [0.2, 0.25) is 0 Å². The van der Waals surface area contributed by atoms with Crippen LogP contribution in [-0.2, 0) is 11.3 Å². The largest absolute Gasteiger partial charge is 0.381 e. The summed E-state index contributed by atoms with van der Waals surface area (Å²) in [4.78, 5) is 20.7. The highest BCUT2D eigenvalue weighted by atomic mass is 16.5. The molecule has 2 aromatic heterocycles. The van der Waals surface area contributed by atoms with Crippen molar-refractivity contribution in [2.24, 2.45) is 0 Å². The van der Waals surface area contributed by atoms with E-state index in [2.05, 4.69) is 20.4 Å². The van der Waals surface area contributed by atoms with Crippen LogP contribution in [0.15, 0.2) is 59.7 Å². The highest BCUT2D eigenvalue weighted by molar-refractivity contribution is 5.57. The third kappa shape index (κ3) is 4.20. The molecule has 1 aromatic carbocycles. The van der Waals surface area contributed by atoms with Crippen molar-refractivity contribution in [3.63, 3.8) is 0 Å². The van der Waals surface area contributed by atoms with E-state index in [1.165, 1.54) is 4.68 Å². The minimum absolute atomic E-state index is 0.122. The lowest BCUT2D eigenvalue weighted by Gasteiger charge is -2.11. The van der Waals surface area contributed by atoms with E-state index in [1.807, 2.05) is 36.4 Å². The van der Waals surface area contributed by atoms with E-state index in [-0.39, 0.29) is 5.56 Å². The van der Waals surface area contributed by atoms with E-state index in [0.29, 0.717) is 25.6 Å². The second-order valence-corrected chi connectivity index (χ2v) is 6.46. The summed E-state index contributed by atoms with van der Waals surface area (Å²) in [6.07, 6.45) is 2.55. The molecule has 1 N–H and O–H groups in total. The number of nitrogens with one attached hydrogen (secondary N) is 1. The molecule has 1 aliphatic rings. The minimum atomic E-state index is -0.122. The van der Waals surface area contributed by atoms with Gasteiger partial charge in [-0.15, -0.1) is 0 Å². The number of aromatic nitrogens is 4. The molecule has 27 heavy (non-hydrogen) atoms. The maximum absolute atomic E-state index is 12.1. The van der Waals surface area contributed by atoms with Crippen LogP contribution in [0.4, 0.5) is 5.82 Å². The Morgan fingerprint density at radius 3 is 2.85 bits per heavy atom. The summed E-state index contributed by atoms with van der Waals surface area (Å²) >= 11 is 0. The van der Waals surface area contributed by atoms with Gasteiger partial charge in [-0.3, -0.25) is 4.79 Å². The Balaban J connectivity index is 1.42. The molecule has 1 saturated heterocycles. The number of hydrogen-bond acceptors (Lipinski definition) is 6. The van der Waals surface area contributed by atoms with Crippen molar-refractivity contribution in [3.8, 4) is 11.3 Å². The third-order valence-electron chi connectivity index (χ3n) is 4.60. The number of rotatable bonds is 6. The predicted molar refractivity (Wildman–Crippen MR) is 103 cm³/mol. The molecule has 0 spiro atoms. The first-order chi connectivity index (χ1) is 13.3. The first kappa shape index (κ1) is 17.4. The lowest BCUT2D eigenvalue weighted by Crippen LogP contribution is -2.26. The van der Waals surface area contributed by atoms with E-state index in [9.17, 15) is 4.79 Å². The number of nitrogens with zero attached hydrogens (tertiary/aromatic N) is 4. The fourth-order valence-electron chi connectivity index (χ4n) is 3.12. The van der Waals surface area contributed by atoms with Gasteiger partial charge in [0.2, 0.25) is 0 Å². The fraction of sp³-hybridized carbons (Fsp3) is 0.300. The van der Waals surface area contributed by atoms with Crippen molar-refractivity contribution in [1.29, 1.82) is 0 Å². The zero-order chi connectivity index (χ0) is 18.5. The first-order valence-electron chi connectivity index (χ1n) is 9.07. The summed E-state index contributed by atoms with van der Waals surface area (Å²) in [5.41, 5.74) is 2.63. The molecule has 3 aromatic rings. The Morgan fingerprint density at radius 1 is 1.15 bits per heavy atom.